The van der Waals surface area contributed by atoms with Gasteiger partial charge in [-0.3, -0.25) is 4.79 Å². The molecule has 0 heterocycles. The Hall–Kier alpha value is -1.45. The zero-order chi connectivity index (χ0) is 10.7. The minimum Gasteiger partial charge on any atom is -0.496 e. The molecule has 14 heavy (non-hydrogen) atoms. The van der Waals surface area contributed by atoms with Gasteiger partial charge in [0.25, 0.3) is 6.43 Å². The van der Waals surface area contributed by atoms with Crippen LogP contribution in [0.5, 0.6) is 5.75 Å². The van der Waals surface area contributed by atoms with Gasteiger partial charge in [-0.25, -0.2) is 8.78 Å². The summed E-state index contributed by atoms with van der Waals surface area (Å²) in [5.74, 6) is 0.0336. The normalized spacial score (nSPS) is 10.4. The van der Waals surface area contributed by atoms with E-state index in [4.69, 9.17) is 4.74 Å². The van der Waals surface area contributed by atoms with Crippen LogP contribution >= 0.6 is 0 Å². The van der Waals surface area contributed by atoms with Crippen molar-refractivity contribution in [2.24, 2.45) is 0 Å². The lowest BCUT2D eigenvalue weighted by molar-refractivity contribution is 0.101. The van der Waals surface area contributed by atoms with Gasteiger partial charge in [-0.15, -0.1) is 0 Å². The second-order valence-corrected chi connectivity index (χ2v) is 2.82. The lowest BCUT2D eigenvalue weighted by atomic mass is 10.1. The first-order valence-electron chi connectivity index (χ1n) is 4.03. The predicted molar refractivity (Wildman–Crippen MR) is 48.0 cm³/mol. The molecule has 4 heteroatoms. The molecule has 1 rings (SSSR count). The fourth-order valence-electron chi connectivity index (χ4n) is 1.14. The van der Waals surface area contributed by atoms with E-state index in [1.807, 2.05) is 0 Å². The number of Topliss-reactive ketones (excluding diaryl/α,β-unsaturated/α-hetero) is 1. The largest absolute Gasteiger partial charge is 0.496 e. The van der Waals surface area contributed by atoms with Gasteiger partial charge in [-0.1, -0.05) is 0 Å². The molecule has 0 bridgehead atoms. The van der Waals surface area contributed by atoms with E-state index in [0.717, 1.165) is 6.07 Å². The van der Waals surface area contributed by atoms with Gasteiger partial charge in [-0.2, -0.15) is 0 Å². The maximum Gasteiger partial charge on any atom is 0.263 e. The molecule has 76 valence electrons. The van der Waals surface area contributed by atoms with Crippen molar-refractivity contribution in [3.8, 4) is 5.75 Å². The Morgan fingerprint density at radius 3 is 2.50 bits per heavy atom. The first-order chi connectivity index (χ1) is 6.56. The van der Waals surface area contributed by atoms with E-state index >= 15 is 0 Å². The van der Waals surface area contributed by atoms with Crippen LogP contribution in [-0.4, -0.2) is 12.9 Å². The van der Waals surface area contributed by atoms with Crippen LogP contribution < -0.4 is 4.74 Å². The van der Waals surface area contributed by atoms with Gasteiger partial charge in [0.15, 0.2) is 5.78 Å². The Balaban J connectivity index is 3.21. The fourth-order valence-corrected chi connectivity index (χ4v) is 1.14. The Bertz CT molecular complexity index is 348. The van der Waals surface area contributed by atoms with Crippen LogP contribution in [0.4, 0.5) is 8.78 Å². The number of alkyl halides is 2. The van der Waals surface area contributed by atoms with Crippen molar-refractivity contribution in [1.29, 1.82) is 0 Å². The molecule has 0 radical (unpaired) electrons. The summed E-state index contributed by atoms with van der Waals surface area (Å²) in [5.41, 5.74) is 0.0151. The van der Waals surface area contributed by atoms with E-state index in [9.17, 15) is 13.6 Å². The summed E-state index contributed by atoms with van der Waals surface area (Å²) in [7, 11) is 1.39. The Labute approximate surface area is 80.5 Å². The summed E-state index contributed by atoms with van der Waals surface area (Å²) in [4.78, 5) is 11.1. The van der Waals surface area contributed by atoms with E-state index in [1.165, 1.54) is 26.2 Å². The minimum atomic E-state index is -2.57. The third-order valence-electron chi connectivity index (χ3n) is 1.85. The van der Waals surface area contributed by atoms with Crippen molar-refractivity contribution in [2.45, 2.75) is 13.3 Å². The lowest BCUT2D eigenvalue weighted by Gasteiger charge is -2.07. The minimum absolute atomic E-state index is 0.170. The van der Waals surface area contributed by atoms with E-state index in [-0.39, 0.29) is 16.9 Å². The molecule has 0 spiro atoms. The average Bonchev–Trinajstić information content (AvgIpc) is 2.16. The number of hydrogen-bond donors (Lipinski definition) is 0. The van der Waals surface area contributed by atoms with Gasteiger partial charge in [0.2, 0.25) is 0 Å². The number of ketones is 1. The summed E-state index contributed by atoms with van der Waals surface area (Å²) in [6, 6.07) is 3.78. The van der Waals surface area contributed by atoms with Gasteiger partial charge < -0.3 is 4.74 Å². The maximum absolute atomic E-state index is 12.3. The zero-order valence-electron chi connectivity index (χ0n) is 7.88. The summed E-state index contributed by atoms with van der Waals surface area (Å²) in [5, 5.41) is 0. The third-order valence-corrected chi connectivity index (χ3v) is 1.85. The third kappa shape index (κ3) is 2.07. The molecule has 2 nitrogen and oxygen atoms in total. The van der Waals surface area contributed by atoms with E-state index in [0.29, 0.717) is 5.75 Å². The summed E-state index contributed by atoms with van der Waals surface area (Å²) < 4.78 is 29.5. The lowest BCUT2D eigenvalue weighted by Crippen LogP contribution is -1.99. The number of benzene rings is 1. The number of halogens is 2. The van der Waals surface area contributed by atoms with E-state index in [1.54, 1.807) is 0 Å². The highest BCUT2D eigenvalue weighted by Crippen LogP contribution is 2.26. The molecule has 0 N–H and O–H groups in total. The van der Waals surface area contributed by atoms with Gasteiger partial charge >= 0.3 is 0 Å². The molecule has 0 amide bonds. The fraction of sp³-hybridized carbons (Fsp3) is 0.300. The van der Waals surface area contributed by atoms with Gasteiger partial charge in [-0.05, 0) is 25.1 Å². The first kappa shape index (κ1) is 10.6. The molecular weight excluding hydrogens is 190 g/mol. The smallest absolute Gasteiger partial charge is 0.263 e. The molecule has 0 saturated carbocycles. The molecule has 0 atom stereocenters. The van der Waals surface area contributed by atoms with Crippen LogP contribution in [0.3, 0.4) is 0 Å². The second kappa shape index (κ2) is 4.17. The molecule has 0 saturated heterocycles. The molecule has 0 aliphatic heterocycles. The molecule has 0 aliphatic rings. The highest BCUT2D eigenvalue weighted by Gasteiger charge is 2.13. The Morgan fingerprint density at radius 2 is 2.07 bits per heavy atom. The molecule has 0 unspecified atom stereocenters. The monoisotopic (exact) mass is 200 g/mol. The predicted octanol–water partition coefficient (Wildman–Crippen LogP) is 2.84. The van der Waals surface area contributed by atoms with Crippen molar-refractivity contribution in [3.63, 3.8) is 0 Å². The van der Waals surface area contributed by atoms with E-state index < -0.39 is 6.43 Å². The van der Waals surface area contributed by atoms with Crippen molar-refractivity contribution < 1.29 is 18.3 Å². The topological polar surface area (TPSA) is 26.3 Å². The van der Waals surface area contributed by atoms with Crippen molar-refractivity contribution in [1.82, 2.24) is 0 Å². The van der Waals surface area contributed by atoms with Crippen molar-refractivity contribution >= 4 is 5.78 Å². The van der Waals surface area contributed by atoms with E-state index in [2.05, 4.69) is 0 Å². The van der Waals surface area contributed by atoms with Gasteiger partial charge in [0.1, 0.15) is 5.75 Å². The van der Waals surface area contributed by atoms with Crippen LogP contribution in [0.25, 0.3) is 0 Å². The Kier molecular flexibility index (Phi) is 3.17. The standard InChI is InChI=1S/C10H10F2O2/c1-6(13)8-5-7(10(11)12)3-4-9(8)14-2/h3-5,10H,1-2H3. The van der Waals surface area contributed by atoms with Gasteiger partial charge in [0, 0.05) is 5.56 Å². The summed E-state index contributed by atoms with van der Waals surface area (Å²) in [6.07, 6.45) is -2.57. The number of hydrogen-bond acceptors (Lipinski definition) is 2. The quantitative estimate of drug-likeness (QED) is 0.701. The van der Waals surface area contributed by atoms with Gasteiger partial charge in [0.05, 0.1) is 12.7 Å². The highest BCUT2D eigenvalue weighted by molar-refractivity contribution is 5.97. The number of ether oxygens (including phenoxy) is 1. The maximum atomic E-state index is 12.3. The van der Waals surface area contributed by atoms with Crippen LogP contribution in [0, 0.1) is 0 Å². The summed E-state index contributed by atoms with van der Waals surface area (Å²) >= 11 is 0. The molecule has 0 aliphatic carbocycles. The zero-order valence-corrected chi connectivity index (χ0v) is 7.88. The van der Waals surface area contributed by atoms with Crippen LogP contribution in [-0.2, 0) is 0 Å². The Morgan fingerprint density at radius 1 is 1.43 bits per heavy atom. The average molecular weight is 200 g/mol. The second-order valence-electron chi connectivity index (χ2n) is 2.82. The molecule has 0 aromatic heterocycles. The number of methoxy groups -OCH3 is 1. The molecule has 1 aromatic rings. The number of carbonyl (C=O) groups is 1. The van der Waals surface area contributed by atoms with Crippen molar-refractivity contribution in [2.75, 3.05) is 7.11 Å². The summed E-state index contributed by atoms with van der Waals surface area (Å²) in [6.45, 7) is 1.31. The number of carbonyl (C=O) groups excluding carboxylic acids is 1. The molecular formula is C10H10F2O2. The molecule has 1 aromatic carbocycles. The molecule has 0 fully saturated rings. The SMILES string of the molecule is COc1ccc(C(F)F)cc1C(C)=O. The van der Waals surface area contributed by atoms with Crippen molar-refractivity contribution in [3.05, 3.63) is 29.3 Å². The number of rotatable bonds is 3. The van der Waals surface area contributed by atoms with Crippen LogP contribution in [0.2, 0.25) is 0 Å². The first-order valence-corrected chi connectivity index (χ1v) is 4.03. The highest BCUT2D eigenvalue weighted by atomic mass is 19.3. The van der Waals surface area contributed by atoms with Crippen LogP contribution in [0.15, 0.2) is 18.2 Å². The van der Waals surface area contributed by atoms with Crippen LogP contribution in [0.1, 0.15) is 29.3 Å².